The van der Waals surface area contributed by atoms with Gasteiger partial charge in [0.25, 0.3) is 5.91 Å². The average Bonchev–Trinajstić information content (AvgIpc) is 2.94. The number of rotatable bonds is 4. The van der Waals surface area contributed by atoms with Gasteiger partial charge in [-0.3, -0.25) is 4.79 Å². The Balaban J connectivity index is 1.69. The third-order valence-corrected chi connectivity index (χ3v) is 3.44. The zero-order valence-electron chi connectivity index (χ0n) is 13.8. The van der Waals surface area contributed by atoms with Crippen LogP contribution in [0.25, 0.3) is 5.69 Å². The molecule has 1 aromatic heterocycles. The van der Waals surface area contributed by atoms with Crippen molar-refractivity contribution in [1.82, 2.24) is 19.8 Å². The molecular weight excluding hydrogens is 367 g/mol. The fourth-order valence-electron chi connectivity index (χ4n) is 2.17. The first-order valence-electron chi connectivity index (χ1n) is 7.49. The highest BCUT2D eigenvalue weighted by molar-refractivity contribution is 6.04. The van der Waals surface area contributed by atoms with Gasteiger partial charge in [0, 0.05) is 18.3 Å². The first-order valence-corrected chi connectivity index (χ1v) is 7.49. The molecule has 11 heteroatoms. The number of benzene rings is 2. The second kappa shape index (κ2) is 6.94. The third-order valence-electron chi connectivity index (χ3n) is 3.44. The Kier molecular flexibility index (Phi) is 4.67. The summed E-state index contributed by atoms with van der Waals surface area (Å²) in [5.74, 6) is -0.934. The van der Waals surface area contributed by atoms with E-state index in [4.69, 9.17) is 0 Å². The van der Waals surface area contributed by atoms with Gasteiger partial charge in [-0.15, -0.1) is 13.2 Å². The van der Waals surface area contributed by atoms with Crippen molar-refractivity contribution in [2.75, 3.05) is 5.32 Å². The largest absolute Gasteiger partial charge is 0.573 e. The molecule has 0 saturated heterocycles. The molecule has 0 aliphatic carbocycles. The van der Waals surface area contributed by atoms with E-state index in [1.807, 2.05) is 0 Å². The molecule has 0 radical (unpaired) electrons. The first kappa shape index (κ1) is 18.2. The average molecular weight is 379 g/mol. The number of halogens is 3. The van der Waals surface area contributed by atoms with Gasteiger partial charge >= 0.3 is 12.1 Å². The van der Waals surface area contributed by atoms with Gasteiger partial charge in [-0.25, -0.2) is 4.79 Å². The van der Waals surface area contributed by atoms with Crippen molar-refractivity contribution < 1.29 is 22.7 Å². The molecule has 3 rings (SSSR count). The van der Waals surface area contributed by atoms with Crippen LogP contribution in [-0.2, 0) is 7.05 Å². The Morgan fingerprint density at radius 3 is 2.19 bits per heavy atom. The monoisotopic (exact) mass is 379 g/mol. The lowest BCUT2D eigenvalue weighted by Crippen LogP contribution is -2.21. The Bertz CT molecular complexity index is 1010. The number of ether oxygens (including phenoxy) is 1. The number of hydrogen-bond acceptors (Lipinski definition) is 5. The molecule has 1 amide bonds. The highest BCUT2D eigenvalue weighted by Gasteiger charge is 2.31. The van der Waals surface area contributed by atoms with Crippen LogP contribution in [0.3, 0.4) is 0 Å². The minimum atomic E-state index is -4.80. The van der Waals surface area contributed by atoms with E-state index in [-0.39, 0.29) is 5.56 Å². The van der Waals surface area contributed by atoms with Gasteiger partial charge in [0.1, 0.15) is 5.75 Å². The summed E-state index contributed by atoms with van der Waals surface area (Å²) in [5, 5.41) is 9.89. The maximum absolute atomic E-state index is 12.2. The number of carbonyl (C=O) groups excluding carboxylic acids is 1. The molecule has 0 spiro atoms. The van der Waals surface area contributed by atoms with E-state index in [1.165, 1.54) is 19.2 Å². The summed E-state index contributed by atoms with van der Waals surface area (Å²) in [6, 6.07) is 10.7. The number of aryl methyl sites for hydroxylation is 1. The standard InChI is InChI=1S/C16H12F3N5O3/c1-23-15(26)24(22-21-23)12-6-4-11(5-7-12)20-14(25)10-2-8-13(9-3-10)27-16(17,18)19/h2-9H,1H3,(H,20,25). The van der Waals surface area contributed by atoms with E-state index >= 15 is 0 Å². The molecule has 0 fully saturated rings. The predicted octanol–water partition coefficient (Wildman–Crippen LogP) is 2.12. The quantitative estimate of drug-likeness (QED) is 0.750. The van der Waals surface area contributed by atoms with Crippen molar-refractivity contribution in [2.45, 2.75) is 6.36 Å². The van der Waals surface area contributed by atoms with Gasteiger partial charge in [0.2, 0.25) is 0 Å². The van der Waals surface area contributed by atoms with Crippen LogP contribution < -0.4 is 15.7 Å². The van der Waals surface area contributed by atoms with E-state index in [9.17, 15) is 22.8 Å². The van der Waals surface area contributed by atoms with Crippen LogP contribution in [0.4, 0.5) is 18.9 Å². The highest BCUT2D eigenvalue weighted by Crippen LogP contribution is 2.23. The summed E-state index contributed by atoms with van der Waals surface area (Å²) >= 11 is 0. The van der Waals surface area contributed by atoms with E-state index in [0.29, 0.717) is 11.4 Å². The molecule has 0 unspecified atom stereocenters. The number of alkyl halides is 3. The van der Waals surface area contributed by atoms with Crippen molar-refractivity contribution in [2.24, 2.45) is 7.05 Å². The molecule has 0 atom stereocenters. The molecular formula is C16H12F3N5O3. The molecule has 0 bridgehead atoms. The lowest BCUT2D eigenvalue weighted by atomic mass is 10.2. The highest BCUT2D eigenvalue weighted by atomic mass is 19.4. The summed E-state index contributed by atoms with van der Waals surface area (Å²) in [5.41, 5.74) is 0.614. The minimum absolute atomic E-state index is 0.152. The van der Waals surface area contributed by atoms with E-state index in [0.717, 1.165) is 21.5 Å². The number of aromatic nitrogens is 4. The van der Waals surface area contributed by atoms with Crippen LogP contribution in [0.5, 0.6) is 5.75 Å². The number of hydrogen-bond donors (Lipinski definition) is 1. The Labute approximate surface area is 149 Å². The van der Waals surface area contributed by atoms with Gasteiger partial charge in [-0.2, -0.15) is 9.36 Å². The maximum atomic E-state index is 12.2. The molecule has 27 heavy (non-hydrogen) atoms. The molecule has 8 nitrogen and oxygen atoms in total. The first-order chi connectivity index (χ1) is 12.7. The predicted molar refractivity (Wildman–Crippen MR) is 87.7 cm³/mol. The van der Waals surface area contributed by atoms with Crippen molar-refractivity contribution in [3.05, 3.63) is 64.6 Å². The van der Waals surface area contributed by atoms with E-state index in [1.54, 1.807) is 24.3 Å². The van der Waals surface area contributed by atoms with Crippen LogP contribution in [-0.4, -0.2) is 32.1 Å². The van der Waals surface area contributed by atoms with Crippen LogP contribution >= 0.6 is 0 Å². The molecule has 0 saturated carbocycles. The lowest BCUT2D eigenvalue weighted by molar-refractivity contribution is -0.274. The van der Waals surface area contributed by atoms with Crippen molar-refractivity contribution >= 4 is 11.6 Å². The molecule has 1 N–H and O–H groups in total. The van der Waals surface area contributed by atoms with Crippen LogP contribution in [0.2, 0.25) is 0 Å². The number of nitrogens with one attached hydrogen (secondary N) is 1. The second-order valence-electron chi connectivity index (χ2n) is 5.37. The van der Waals surface area contributed by atoms with Gasteiger partial charge in [0.15, 0.2) is 0 Å². The number of carbonyl (C=O) groups is 1. The summed E-state index contributed by atoms with van der Waals surface area (Å²) in [6.07, 6.45) is -4.80. The summed E-state index contributed by atoms with van der Waals surface area (Å²) in [4.78, 5) is 23.9. The fourth-order valence-corrected chi connectivity index (χ4v) is 2.17. The number of anilines is 1. The maximum Gasteiger partial charge on any atom is 0.573 e. The number of nitrogens with zero attached hydrogens (tertiary/aromatic N) is 4. The zero-order valence-corrected chi connectivity index (χ0v) is 13.8. The van der Waals surface area contributed by atoms with Gasteiger partial charge in [-0.1, -0.05) is 0 Å². The summed E-state index contributed by atoms with van der Waals surface area (Å²) in [7, 11) is 1.46. The minimum Gasteiger partial charge on any atom is -0.406 e. The topological polar surface area (TPSA) is 91.0 Å². The van der Waals surface area contributed by atoms with Gasteiger partial charge < -0.3 is 10.1 Å². The third kappa shape index (κ3) is 4.32. The van der Waals surface area contributed by atoms with Gasteiger partial charge in [0.05, 0.1) is 5.69 Å². The molecule has 2 aromatic carbocycles. The summed E-state index contributed by atoms with van der Waals surface area (Å²) < 4.78 is 42.3. The molecule has 3 aromatic rings. The van der Waals surface area contributed by atoms with Crippen molar-refractivity contribution in [1.29, 1.82) is 0 Å². The number of tetrazole rings is 1. The molecule has 1 heterocycles. The lowest BCUT2D eigenvalue weighted by Gasteiger charge is -2.09. The normalized spacial score (nSPS) is 11.3. The zero-order chi connectivity index (χ0) is 19.6. The smallest absolute Gasteiger partial charge is 0.406 e. The van der Waals surface area contributed by atoms with E-state index < -0.39 is 23.7 Å². The van der Waals surface area contributed by atoms with E-state index in [2.05, 4.69) is 20.5 Å². The van der Waals surface area contributed by atoms with Crippen molar-refractivity contribution in [3.63, 3.8) is 0 Å². The summed E-state index contributed by atoms with van der Waals surface area (Å²) in [6.45, 7) is 0. The molecule has 140 valence electrons. The second-order valence-corrected chi connectivity index (χ2v) is 5.37. The Morgan fingerprint density at radius 1 is 1.04 bits per heavy atom. The fraction of sp³-hybridized carbons (Fsp3) is 0.125. The Hall–Kier alpha value is -3.63. The SMILES string of the molecule is Cn1nnn(-c2ccc(NC(=O)c3ccc(OC(F)(F)F)cc3)cc2)c1=O. The number of amides is 1. The molecule has 0 aliphatic heterocycles. The van der Waals surface area contributed by atoms with Gasteiger partial charge in [-0.05, 0) is 59.0 Å². The molecule has 0 aliphatic rings. The Morgan fingerprint density at radius 2 is 1.67 bits per heavy atom. The van der Waals surface area contributed by atoms with Crippen LogP contribution in [0.1, 0.15) is 10.4 Å². The van der Waals surface area contributed by atoms with Crippen molar-refractivity contribution in [3.8, 4) is 11.4 Å². The van der Waals surface area contributed by atoms with Crippen LogP contribution in [0.15, 0.2) is 53.3 Å². The van der Waals surface area contributed by atoms with Crippen LogP contribution in [0, 0.1) is 0 Å².